The van der Waals surface area contributed by atoms with Gasteiger partial charge < -0.3 is 15.5 Å². The molecule has 0 radical (unpaired) electrons. The highest BCUT2D eigenvalue weighted by molar-refractivity contribution is 5.35. The third kappa shape index (κ3) is 3.38. The van der Waals surface area contributed by atoms with E-state index in [-0.39, 0.29) is 0 Å². The Hall–Kier alpha value is -1.20. The van der Waals surface area contributed by atoms with E-state index in [9.17, 15) is 0 Å². The van der Waals surface area contributed by atoms with Gasteiger partial charge in [-0.3, -0.25) is 0 Å². The normalized spacial score (nSPS) is 16.4. The molecule has 1 aromatic rings. The van der Waals surface area contributed by atoms with Gasteiger partial charge in [-0.15, -0.1) is 5.10 Å². The Kier molecular flexibility index (Phi) is 4.28. The first-order valence-corrected chi connectivity index (χ1v) is 6.26. The van der Waals surface area contributed by atoms with Gasteiger partial charge >= 0.3 is 0 Å². The Balaban J connectivity index is 1.83. The van der Waals surface area contributed by atoms with E-state index < -0.39 is 0 Å². The van der Waals surface area contributed by atoms with E-state index in [4.69, 9.17) is 5.73 Å². The molecule has 94 valence electrons. The molecular formula is C12H21N5. The van der Waals surface area contributed by atoms with Crippen molar-refractivity contribution in [3.8, 4) is 0 Å². The maximum absolute atomic E-state index is 5.49. The SMILES string of the molecule is CN(CCN1CCCC1)c1ccc(CN)nn1. The Bertz CT molecular complexity index is 331. The number of hydrogen-bond donors (Lipinski definition) is 1. The highest BCUT2D eigenvalue weighted by atomic mass is 15.3. The smallest absolute Gasteiger partial charge is 0.151 e. The summed E-state index contributed by atoms with van der Waals surface area (Å²) in [7, 11) is 2.06. The second-order valence-electron chi connectivity index (χ2n) is 4.56. The van der Waals surface area contributed by atoms with Crippen LogP contribution in [-0.2, 0) is 6.54 Å². The number of rotatable bonds is 5. The summed E-state index contributed by atoms with van der Waals surface area (Å²) >= 11 is 0. The molecule has 1 fully saturated rings. The number of anilines is 1. The molecule has 5 nitrogen and oxygen atoms in total. The molecule has 0 aromatic carbocycles. The van der Waals surface area contributed by atoms with Gasteiger partial charge in [0.15, 0.2) is 5.82 Å². The second kappa shape index (κ2) is 5.93. The third-order valence-electron chi connectivity index (χ3n) is 3.26. The maximum atomic E-state index is 5.49. The number of hydrogen-bond acceptors (Lipinski definition) is 5. The first kappa shape index (κ1) is 12.3. The Morgan fingerprint density at radius 3 is 2.65 bits per heavy atom. The summed E-state index contributed by atoms with van der Waals surface area (Å²) in [5, 5.41) is 8.24. The lowest BCUT2D eigenvalue weighted by molar-refractivity contribution is 0.346. The molecule has 0 amide bonds. The fourth-order valence-corrected chi connectivity index (χ4v) is 2.08. The van der Waals surface area contributed by atoms with Gasteiger partial charge in [-0.2, -0.15) is 5.10 Å². The van der Waals surface area contributed by atoms with Gasteiger partial charge in [0, 0.05) is 26.7 Å². The van der Waals surface area contributed by atoms with Crippen LogP contribution < -0.4 is 10.6 Å². The van der Waals surface area contributed by atoms with Crippen LogP contribution in [0.4, 0.5) is 5.82 Å². The zero-order valence-electron chi connectivity index (χ0n) is 10.5. The lowest BCUT2D eigenvalue weighted by Gasteiger charge is -2.21. The molecule has 1 aliphatic rings. The zero-order valence-corrected chi connectivity index (χ0v) is 10.5. The number of likely N-dealkylation sites (tertiary alicyclic amines) is 1. The van der Waals surface area contributed by atoms with Gasteiger partial charge in [0.2, 0.25) is 0 Å². The molecule has 2 heterocycles. The van der Waals surface area contributed by atoms with Crippen LogP contribution in [0.15, 0.2) is 12.1 Å². The van der Waals surface area contributed by atoms with Crippen molar-refractivity contribution in [1.82, 2.24) is 15.1 Å². The average Bonchev–Trinajstić information content (AvgIpc) is 2.89. The molecule has 0 saturated carbocycles. The van der Waals surface area contributed by atoms with Crippen molar-refractivity contribution in [2.45, 2.75) is 19.4 Å². The minimum absolute atomic E-state index is 0.449. The molecule has 17 heavy (non-hydrogen) atoms. The molecule has 2 rings (SSSR count). The molecule has 0 spiro atoms. The van der Waals surface area contributed by atoms with Crippen LogP contribution >= 0.6 is 0 Å². The van der Waals surface area contributed by atoms with Crippen molar-refractivity contribution in [1.29, 1.82) is 0 Å². The minimum Gasteiger partial charge on any atom is -0.357 e. The van der Waals surface area contributed by atoms with Crippen molar-refractivity contribution in [2.75, 3.05) is 38.1 Å². The third-order valence-corrected chi connectivity index (χ3v) is 3.26. The summed E-state index contributed by atoms with van der Waals surface area (Å²) in [4.78, 5) is 4.64. The Morgan fingerprint density at radius 2 is 2.06 bits per heavy atom. The maximum Gasteiger partial charge on any atom is 0.151 e. The number of likely N-dealkylation sites (N-methyl/N-ethyl adjacent to an activating group) is 1. The lowest BCUT2D eigenvalue weighted by atomic mass is 10.3. The van der Waals surface area contributed by atoms with E-state index in [2.05, 4.69) is 27.0 Å². The van der Waals surface area contributed by atoms with E-state index in [1.54, 1.807) is 0 Å². The molecule has 5 heteroatoms. The largest absolute Gasteiger partial charge is 0.357 e. The zero-order chi connectivity index (χ0) is 12.1. The molecule has 1 aliphatic heterocycles. The van der Waals surface area contributed by atoms with Gasteiger partial charge in [-0.1, -0.05) is 0 Å². The Morgan fingerprint density at radius 1 is 1.29 bits per heavy atom. The summed E-state index contributed by atoms with van der Waals surface area (Å²) < 4.78 is 0. The summed E-state index contributed by atoms with van der Waals surface area (Å²) in [6, 6.07) is 3.92. The van der Waals surface area contributed by atoms with Gasteiger partial charge in [0.05, 0.1) is 5.69 Å². The first-order valence-electron chi connectivity index (χ1n) is 6.26. The molecule has 0 aliphatic carbocycles. The van der Waals surface area contributed by atoms with E-state index in [1.165, 1.54) is 25.9 Å². The van der Waals surface area contributed by atoms with Gasteiger partial charge in [0.1, 0.15) is 0 Å². The van der Waals surface area contributed by atoms with Crippen LogP contribution in [0.2, 0.25) is 0 Å². The highest BCUT2D eigenvalue weighted by Crippen LogP contribution is 2.10. The van der Waals surface area contributed by atoms with Gasteiger partial charge in [-0.25, -0.2) is 0 Å². The predicted molar refractivity (Wildman–Crippen MR) is 68.9 cm³/mol. The first-order chi connectivity index (χ1) is 8.29. The molecule has 0 bridgehead atoms. The molecule has 1 aromatic heterocycles. The monoisotopic (exact) mass is 235 g/mol. The number of nitrogens with two attached hydrogens (primary N) is 1. The second-order valence-corrected chi connectivity index (χ2v) is 4.56. The number of aromatic nitrogens is 2. The van der Waals surface area contributed by atoms with Crippen molar-refractivity contribution in [3.63, 3.8) is 0 Å². The Labute approximate surface area is 103 Å². The highest BCUT2D eigenvalue weighted by Gasteiger charge is 2.12. The fraction of sp³-hybridized carbons (Fsp3) is 0.667. The van der Waals surface area contributed by atoms with E-state index in [0.717, 1.165) is 24.6 Å². The van der Waals surface area contributed by atoms with Crippen LogP contribution in [0.25, 0.3) is 0 Å². The van der Waals surface area contributed by atoms with Crippen LogP contribution in [0.3, 0.4) is 0 Å². The minimum atomic E-state index is 0.449. The van der Waals surface area contributed by atoms with Crippen molar-refractivity contribution in [2.24, 2.45) is 5.73 Å². The summed E-state index contributed by atoms with van der Waals surface area (Å²) in [6.45, 7) is 5.04. The van der Waals surface area contributed by atoms with Gasteiger partial charge in [0.25, 0.3) is 0 Å². The topological polar surface area (TPSA) is 58.3 Å². The fourth-order valence-electron chi connectivity index (χ4n) is 2.08. The van der Waals surface area contributed by atoms with Crippen LogP contribution in [-0.4, -0.2) is 48.3 Å². The van der Waals surface area contributed by atoms with Gasteiger partial charge in [-0.05, 0) is 38.1 Å². The molecule has 2 N–H and O–H groups in total. The average molecular weight is 235 g/mol. The van der Waals surface area contributed by atoms with E-state index in [0.29, 0.717) is 6.54 Å². The summed E-state index contributed by atoms with van der Waals surface area (Å²) in [5.74, 6) is 0.918. The number of nitrogens with zero attached hydrogens (tertiary/aromatic N) is 4. The van der Waals surface area contributed by atoms with Crippen molar-refractivity contribution in [3.05, 3.63) is 17.8 Å². The quantitative estimate of drug-likeness (QED) is 0.804. The van der Waals surface area contributed by atoms with Crippen LogP contribution in [0, 0.1) is 0 Å². The van der Waals surface area contributed by atoms with E-state index >= 15 is 0 Å². The molecular weight excluding hydrogens is 214 g/mol. The summed E-state index contributed by atoms with van der Waals surface area (Å²) in [5.41, 5.74) is 6.33. The van der Waals surface area contributed by atoms with Crippen LogP contribution in [0.1, 0.15) is 18.5 Å². The molecule has 0 atom stereocenters. The van der Waals surface area contributed by atoms with Crippen molar-refractivity contribution >= 4 is 5.82 Å². The lowest BCUT2D eigenvalue weighted by Crippen LogP contribution is -2.31. The predicted octanol–water partition coefficient (Wildman–Crippen LogP) is 0.467. The van der Waals surface area contributed by atoms with Crippen molar-refractivity contribution < 1.29 is 0 Å². The van der Waals surface area contributed by atoms with Crippen LogP contribution in [0.5, 0.6) is 0 Å². The van der Waals surface area contributed by atoms with E-state index in [1.807, 2.05) is 12.1 Å². The molecule has 0 unspecified atom stereocenters. The summed E-state index contributed by atoms with van der Waals surface area (Å²) in [6.07, 6.45) is 2.68. The standard InChI is InChI=1S/C12H21N5/c1-16(8-9-17-6-2-3-7-17)12-5-4-11(10-13)14-15-12/h4-5H,2-3,6-10,13H2,1H3. The molecule has 1 saturated heterocycles.